The molecule has 0 spiro atoms. The van der Waals surface area contributed by atoms with Crippen molar-refractivity contribution < 1.29 is 19.2 Å². The molecular formula is C8H12N4O4. The highest BCUT2D eigenvalue weighted by atomic mass is 16.5. The largest absolute Gasteiger partial charge is 0.481 e. The normalized spacial score (nSPS) is 9.81. The van der Waals surface area contributed by atoms with Crippen LogP contribution in [0.4, 0.5) is 4.79 Å². The molecule has 0 saturated carbocycles. The van der Waals surface area contributed by atoms with Crippen molar-refractivity contribution in [2.24, 2.45) is 0 Å². The van der Waals surface area contributed by atoms with E-state index in [9.17, 15) is 9.59 Å². The fourth-order valence-corrected chi connectivity index (χ4v) is 0.913. The number of hydrogen-bond donors (Lipinski definition) is 3. The highest BCUT2D eigenvalue weighted by Crippen LogP contribution is 1.93. The maximum Gasteiger partial charge on any atom is 0.315 e. The van der Waals surface area contributed by atoms with Crippen LogP contribution in [0.1, 0.15) is 18.1 Å². The van der Waals surface area contributed by atoms with Gasteiger partial charge in [0.25, 0.3) is 0 Å². The van der Waals surface area contributed by atoms with Crippen LogP contribution in [0.3, 0.4) is 0 Å². The van der Waals surface area contributed by atoms with E-state index < -0.39 is 12.0 Å². The predicted molar refractivity (Wildman–Crippen MR) is 51.5 cm³/mol. The van der Waals surface area contributed by atoms with Crippen molar-refractivity contribution >= 4 is 12.0 Å². The number of carboxylic acids is 1. The van der Waals surface area contributed by atoms with Crippen molar-refractivity contribution in [3.8, 4) is 0 Å². The molecule has 0 aliphatic heterocycles. The first-order chi connectivity index (χ1) is 7.58. The summed E-state index contributed by atoms with van der Waals surface area (Å²) >= 11 is 0. The fraction of sp³-hybridized carbons (Fsp3) is 0.500. The molecule has 2 amide bonds. The molecule has 0 aliphatic rings. The van der Waals surface area contributed by atoms with E-state index in [4.69, 9.17) is 9.63 Å². The summed E-state index contributed by atoms with van der Waals surface area (Å²) in [5.74, 6) is -0.179. The molecule has 1 rings (SSSR count). The van der Waals surface area contributed by atoms with Gasteiger partial charge in [0.2, 0.25) is 5.89 Å². The molecule has 0 unspecified atom stereocenters. The number of carbonyl (C=O) groups excluding carboxylic acids is 1. The topological polar surface area (TPSA) is 117 Å². The monoisotopic (exact) mass is 228 g/mol. The fourth-order valence-electron chi connectivity index (χ4n) is 0.913. The summed E-state index contributed by atoms with van der Waals surface area (Å²) in [6, 6.07) is -0.475. The summed E-state index contributed by atoms with van der Waals surface area (Å²) in [5.41, 5.74) is 0. The maximum absolute atomic E-state index is 11.1. The molecule has 0 aliphatic carbocycles. The van der Waals surface area contributed by atoms with Crippen molar-refractivity contribution in [3.05, 3.63) is 11.7 Å². The molecule has 0 atom stereocenters. The Morgan fingerprint density at radius 2 is 2.19 bits per heavy atom. The van der Waals surface area contributed by atoms with Gasteiger partial charge in [-0.3, -0.25) is 4.79 Å². The number of hydrogen-bond acceptors (Lipinski definition) is 5. The minimum atomic E-state index is -0.965. The number of rotatable bonds is 5. The lowest BCUT2D eigenvalue weighted by Gasteiger charge is -2.03. The van der Waals surface area contributed by atoms with Crippen molar-refractivity contribution in [2.45, 2.75) is 19.9 Å². The van der Waals surface area contributed by atoms with Gasteiger partial charge >= 0.3 is 12.0 Å². The van der Waals surface area contributed by atoms with Gasteiger partial charge in [0.1, 0.15) is 0 Å². The SMILES string of the molecule is Cc1noc(CNC(=O)NCCC(=O)O)n1. The van der Waals surface area contributed by atoms with E-state index in [-0.39, 0.29) is 19.5 Å². The minimum Gasteiger partial charge on any atom is -0.481 e. The van der Waals surface area contributed by atoms with E-state index in [1.807, 2.05) is 0 Å². The van der Waals surface area contributed by atoms with Gasteiger partial charge in [0, 0.05) is 6.54 Å². The van der Waals surface area contributed by atoms with Crippen LogP contribution in [0.5, 0.6) is 0 Å². The highest BCUT2D eigenvalue weighted by Gasteiger charge is 2.05. The van der Waals surface area contributed by atoms with Gasteiger partial charge < -0.3 is 20.3 Å². The van der Waals surface area contributed by atoms with E-state index >= 15 is 0 Å². The molecule has 1 aromatic rings. The van der Waals surface area contributed by atoms with Gasteiger partial charge in [-0.25, -0.2) is 4.79 Å². The Hall–Kier alpha value is -2.12. The summed E-state index contributed by atoms with van der Waals surface area (Å²) in [7, 11) is 0. The van der Waals surface area contributed by atoms with Crippen molar-refractivity contribution in [1.29, 1.82) is 0 Å². The number of aryl methyl sites for hydroxylation is 1. The molecule has 8 nitrogen and oxygen atoms in total. The van der Waals surface area contributed by atoms with E-state index in [0.717, 1.165) is 0 Å². The predicted octanol–water partition coefficient (Wildman–Crippen LogP) is -0.348. The molecule has 3 N–H and O–H groups in total. The summed E-state index contributed by atoms with van der Waals surface area (Å²) in [6.07, 6.45) is -0.118. The number of carboxylic acid groups (broad SMARTS) is 1. The lowest BCUT2D eigenvalue weighted by Crippen LogP contribution is -2.36. The second-order valence-corrected chi connectivity index (χ2v) is 2.99. The zero-order chi connectivity index (χ0) is 12.0. The van der Waals surface area contributed by atoms with E-state index in [2.05, 4.69) is 20.8 Å². The van der Waals surface area contributed by atoms with Crippen LogP contribution in [-0.2, 0) is 11.3 Å². The van der Waals surface area contributed by atoms with Crippen molar-refractivity contribution in [3.63, 3.8) is 0 Å². The number of aromatic nitrogens is 2. The van der Waals surface area contributed by atoms with Gasteiger partial charge in [0.05, 0.1) is 13.0 Å². The summed E-state index contributed by atoms with van der Waals surface area (Å²) in [6.45, 7) is 1.85. The second-order valence-electron chi connectivity index (χ2n) is 2.99. The lowest BCUT2D eigenvalue weighted by molar-refractivity contribution is -0.136. The molecule has 16 heavy (non-hydrogen) atoms. The smallest absolute Gasteiger partial charge is 0.315 e. The molecule has 0 bridgehead atoms. The molecule has 1 aromatic heterocycles. The molecule has 0 radical (unpaired) electrons. The maximum atomic E-state index is 11.1. The third-order valence-corrected chi connectivity index (χ3v) is 1.59. The second kappa shape index (κ2) is 5.69. The minimum absolute atomic E-state index is 0.0734. The number of nitrogens with zero attached hydrogens (tertiary/aromatic N) is 2. The number of aliphatic carboxylic acids is 1. The van der Waals surface area contributed by atoms with Gasteiger partial charge in [-0.1, -0.05) is 5.16 Å². The van der Waals surface area contributed by atoms with Crippen LogP contribution < -0.4 is 10.6 Å². The lowest BCUT2D eigenvalue weighted by atomic mass is 10.4. The summed E-state index contributed by atoms with van der Waals surface area (Å²) < 4.78 is 4.76. The molecule has 88 valence electrons. The molecular weight excluding hydrogens is 216 g/mol. The standard InChI is InChI=1S/C8H12N4O4/c1-5-11-6(16-12-5)4-10-8(15)9-3-2-7(13)14/h2-4H2,1H3,(H,13,14)(H2,9,10,15). The van der Waals surface area contributed by atoms with Crippen LogP contribution in [0.2, 0.25) is 0 Å². The van der Waals surface area contributed by atoms with Gasteiger partial charge in [-0.05, 0) is 6.92 Å². The van der Waals surface area contributed by atoms with E-state index in [1.54, 1.807) is 6.92 Å². The van der Waals surface area contributed by atoms with Gasteiger partial charge in [-0.2, -0.15) is 4.98 Å². The van der Waals surface area contributed by atoms with Crippen LogP contribution in [0.15, 0.2) is 4.52 Å². The Bertz CT molecular complexity index is 376. The van der Waals surface area contributed by atoms with Crippen LogP contribution in [0, 0.1) is 6.92 Å². The average Bonchev–Trinajstić information content (AvgIpc) is 2.61. The first kappa shape index (κ1) is 12.0. The number of amides is 2. The molecule has 1 heterocycles. The Morgan fingerprint density at radius 1 is 1.44 bits per heavy atom. The Labute approximate surface area is 91.0 Å². The molecule has 0 saturated heterocycles. The highest BCUT2D eigenvalue weighted by molar-refractivity contribution is 5.74. The number of carbonyl (C=O) groups is 2. The quantitative estimate of drug-likeness (QED) is 0.634. The molecule has 0 fully saturated rings. The number of nitrogens with one attached hydrogen (secondary N) is 2. The molecule has 0 aromatic carbocycles. The summed E-state index contributed by atoms with van der Waals surface area (Å²) in [4.78, 5) is 25.1. The third-order valence-electron chi connectivity index (χ3n) is 1.59. The first-order valence-electron chi connectivity index (χ1n) is 4.60. The Morgan fingerprint density at radius 3 is 2.75 bits per heavy atom. The Kier molecular flexibility index (Phi) is 4.25. The van der Waals surface area contributed by atoms with Gasteiger partial charge in [0.15, 0.2) is 5.82 Å². The third kappa shape index (κ3) is 4.40. The van der Waals surface area contributed by atoms with Crippen molar-refractivity contribution in [1.82, 2.24) is 20.8 Å². The van der Waals surface area contributed by atoms with Crippen LogP contribution >= 0.6 is 0 Å². The summed E-state index contributed by atoms with van der Waals surface area (Å²) in [5, 5.41) is 16.7. The van der Waals surface area contributed by atoms with E-state index in [1.165, 1.54) is 0 Å². The van der Waals surface area contributed by atoms with Crippen LogP contribution in [-0.4, -0.2) is 33.8 Å². The first-order valence-corrected chi connectivity index (χ1v) is 4.60. The zero-order valence-electron chi connectivity index (χ0n) is 8.69. The Balaban J connectivity index is 2.17. The van der Waals surface area contributed by atoms with Crippen LogP contribution in [0.25, 0.3) is 0 Å². The van der Waals surface area contributed by atoms with Crippen molar-refractivity contribution in [2.75, 3.05) is 6.54 Å². The van der Waals surface area contributed by atoms with E-state index in [0.29, 0.717) is 11.7 Å². The number of urea groups is 1. The van der Waals surface area contributed by atoms with Gasteiger partial charge in [-0.15, -0.1) is 0 Å². The molecule has 8 heteroatoms. The average molecular weight is 228 g/mol. The zero-order valence-corrected chi connectivity index (χ0v) is 8.69.